The maximum Gasteiger partial charge on any atom is 0.387 e. The van der Waals surface area contributed by atoms with Crippen molar-refractivity contribution in [3.63, 3.8) is 0 Å². The third-order valence-corrected chi connectivity index (χ3v) is 12.5. The van der Waals surface area contributed by atoms with Gasteiger partial charge in [0.25, 0.3) is 0 Å². The SMILES string of the molecule is CCCCC[SiH]1CCC([C@H]2CC[C@H](CCc3ccc(-c4cc(F)c(OC(F)F)c(F)c4)cc3)CC2)CC1. The first kappa shape index (κ1) is 28.2. The number of hydrogen-bond donors (Lipinski definition) is 0. The van der Waals surface area contributed by atoms with Crippen molar-refractivity contribution >= 4 is 8.80 Å². The van der Waals surface area contributed by atoms with Crippen molar-refractivity contribution < 1.29 is 22.3 Å². The minimum atomic E-state index is -3.27. The van der Waals surface area contributed by atoms with E-state index in [4.69, 9.17) is 0 Å². The molecular weight excluding hydrogens is 492 g/mol. The van der Waals surface area contributed by atoms with Crippen LogP contribution in [0, 0.1) is 29.4 Å². The molecule has 1 heterocycles. The zero-order valence-electron chi connectivity index (χ0n) is 22.2. The van der Waals surface area contributed by atoms with Crippen LogP contribution in [0.4, 0.5) is 17.6 Å². The minimum Gasteiger partial charge on any atom is -0.429 e. The molecule has 2 fully saturated rings. The summed E-state index contributed by atoms with van der Waals surface area (Å²) < 4.78 is 56.9. The van der Waals surface area contributed by atoms with E-state index in [1.165, 1.54) is 69.8 Å². The molecular formula is C31H42F4OSi. The average molecular weight is 535 g/mol. The Hall–Kier alpha value is -1.82. The van der Waals surface area contributed by atoms with E-state index in [0.29, 0.717) is 11.1 Å². The van der Waals surface area contributed by atoms with Gasteiger partial charge in [-0.3, -0.25) is 0 Å². The lowest BCUT2D eigenvalue weighted by Crippen LogP contribution is -2.28. The molecule has 1 aliphatic carbocycles. The first-order chi connectivity index (χ1) is 17.9. The highest BCUT2D eigenvalue weighted by Gasteiger charge is 2.31. The van der Waals surface area contributed by atoms with Gasteiger partial charge in [0.05, 0.1) is 0 Å². The first-order valence-electron chi connectivity index (χ1n) is 14.5. The summed E-state index contributed by atoms with van der Waals surface area (Å²) in [5.41, 5.74) is 2.17. The molecule has 0 aromatic heterocycles. The van der Waals surface area contributed by atoms with Crippen LogP contribution in [-0.2, 0) is 6.42 Å². The number of aryl methyl sites for hydroxylation is 1. The maximum atomic E-state index is 14.1. The zero-order valence-corrected chi connectivity index (χ0v) is 23.3. The quantitative estimate of drug-likeness (QED) is 0.158. The van der Waals surface area contributed by atoms with Crippen LogP contribution < -0.4 is 4.74 Å². The fraction of sp³-hybridized carbons (Fsp3) is 0.613. The smallest absolute Gasteiger partial charge is 0.387 e. The molecule has 1 nitrogen and oxygen atoms in total. The Balaban J connectivity index is 1.20. The number of benzene rings is 2. The Kier molecular flexibility index (Phi) is 10.5. The van der Waals surface area contributed by atoms with Crippen LogP contribution in [0.1, 0.15) is 76.7 Å². The van der Waals surface area contributed by atoms with Crippen molar-refractivity contribution in [3.8, 4) is 16.9 Å². The van der Waals surface area contributed by atoms with E-state index in [1.807, 2.05) is 24.3 Å². The lowest BCUT2D eigenvalue weighted by Gasteiger charge is -2.37. The monoisotopic (exact) mass is 534 g/mol. The lowest BCUT2D eigenvalue weighted by atomic mass is 9.73. The summed E-state index contributed by atoms with van der Waals surface area (Å²) in [6, 6.07) is 14.5. The highest BCUT2D eigenvalue weighted by Crippen LogP contribution is 2.42. The third-order valence-electron chi connectivity index (χ3n) is 9.00. The van der Waals surface area contributed by atoms with E-state index >= 15 is 0 Å². The number of rotatable bonds is 11. The molecule has 0 N–H and O–H groups in total. The number of hydrogen-bond acceptors (Lipinski definition) is 1. The van der Waals surface area contributed by atoms with Crippen molar-refractivity contribution in [2.24, 2.45) is 17.8 Å². The molecule has 37 heavy (non-hydrogen) atoms. The molecule has 0 spiro atoms. The predicted octanol–water partition coefficient (Wildman–Crippen LogP) is 9.80. The normalized spacial score (nSPS) is 24.4. The largest absolute Gasteiger partial charge is 0.429 e. The molecule has 2 aliphatic rings. The molecule has 0 atom stereocenters. The van der Waals surface area contributed by atoms with Gasteiger partial charge in [0, 0.05) is 8.80 Å². The molecule has 0 bridgehead atoms. The summed E-state index contributed by atoms with van der Waals surface area (Å²) >= 11 is 0. The molecule has 204 valence electrons. The Morgan fingerprint density at radius 1 is 0.838 bits per heavy atom. The van der Waals surface area contributed by atoms with Crippen LogP contribution >= 0.6 is 0 Å². The third kappa shape index (κ3) is 8.08. The Morgan fingerprint density at radius 2 is 1.46 bits per heavy atom. The number of unbranched alkanes of at least 4 members (excludes halogenated alkanes) is 2. The van der Waals surface area contributed by atoms with E-state index in [-0.39, 0.29) is 0 Å². The molecule has 0 unspecified atom stereocenters. The average Bonchev–Trinajstić information content (AvgIpc) is 2.90. The standard InChI is InChI=1S/C31H42F4OSi/c1-2-3-4-17-37-18-15-26(16-19-37)24-11-7-22(8-12-24)5-6-23-9-13-25(14-10-23)27-20-28(32)30(29(33)21-27)36-31(34)35/h9-10,13-14,20-22,24,26,31,37H,2-8,11-12,15-19H2,1H3/t22-,24-,26?,37?. The van der Waals surface area contributed by atoms with Crippen LogP contribution in [-0.4, -0.2) is 15.4 Å². The summed E-state index contributed by atoms with van der Waals surface area (Å²) in [6.45, 7) is -0.969. The summed E-state index contributed by atoms with van der Waals surface area (Å²) in [7, 11) is -0.416. The first-order valence-corrected chi connectivity index (χ1v) is 16.9. The van der Waals surface area contributed by atoms with Gasteiger partial charge in [0.15, 0.2) is 17.4 Å². The van der Waals surface area contributed by atoms with Crippen LogP contribution in [0.15, 0.2) is 36.4 Å². The predicted molar refractivity (Wildman–Crippen MR) is 146 cm³/mol. The van der Waals surface area contributed by atoms with Crippen molar-refractivity contribution in [2.75, 3.05) is 0 Å². The van der Waals surface area contributed by atoms with Crippen molar-refractivity contribution in [1.29, 1.82) is 0 Å². The highest BCUT2D eigenvalue weighted by atomic mass is 28.3. The summed E-state index contributed by atoms with van der Waals surface area (Å²) in [6.07, 6.45) is 15.0. The molecule has 2 aromatic rings. The number of alkyl halides is 2. The summed E-state index contributed by atoms with van der Waals surface area (Å²) in [5, 5.41) is 0. The van der Waals surface area contributed by atoms with E-state index in [9.17, 15) is 17.6 Å². The molecule has 6 heteroatoms. The van der Waals surface area contributed by atoms with Crippen molar-refractivity contribution in [2.45, 2.75) is 102 Å². The van der Waals surface area contributed by atoms with Gasteiger partial charge in [-0.15, -0.1) is 0 Å². The van der Waals surface area contributed by atoms with Gasteiger partial charge < -0.3 is 4.74 Å². The van der Waals surface area contributed by atoms with Crippen LogP contribution in [0.5, 0.6) is 5.75 Å². The van der Waals surface area contributed by atoms with Gasteiger partial charge in [-0.1, -0.05) is 94.3 Å². The second-order valence-electron chi connectivity index (χ2n) is 11.4. The fourth-order valence-electron chi connectivity index (χ4n) is 6.74. The summed E-state index contributed by atoms with van der Waals surface area (Å²) in [4.78, 5) is 0. The van der Waals surface area contributed by atoms with Gasteiger partial charge in [0.2, 0.25) is 0 Å². The molecule has 1 saturated carbocycles. The summed E-state index contributed by atoms with van der Waals surface area (Å²) in [5.74, 6) is -0.550. The fourth-order valence-corrected chi connectivity index (χ4v) is 10.3. The van der Waals surface area contributed by atoms with E-state index in [1.54, 1.807) is 18.1 Å². The molecule has 0 radical (unpaired) electrons. The molecule has 4 rings (SSSR count). The molecule has 1 aliphatic heterocycles. The van der Waals surface area contributed by atoms with Crippen molar-refractivity contribution in [3.05, 3.63) is 53.6 Å². The van der Waals surface area contributed by atoms with Gasteiger partial charge in [-0.05, 0) is 72.3 Å². The molecule has 0 amide bonds. The minimum absolute atomic E-state index is 0.305. The number of ether oxygens (including phenoxy) is 1. The Bertz CT molecular complexity index is 941. The van der Waals surface area contributed by atoms with Gasteiger partial charge in [0.1, 0.15) is 0 Å². The van der Waals surface area contributed by atoms with Crippen LogP contribution in [0.2, 0.25) is 18.1 Å². The Morgan fingerprint density at radius 3 is 2.05 bits per heavy atom. The van der Waals surface area contributed by atoms with Crippen LogP contribution in [0.3, 0.4) is 0 Å². The molecule has 2 aromatic carbocycles. The topological polar surface area (TPSA) is 9.23 Å². The van der Waals surface area contributed by atoms with Crippen LogP contribution in [0.25, 0.3) is 11.1 Å². The van der Waals surface area contributed by atoms with Crippen molar-refractivity contribution in [1.82, 2.24) is 0 Å². The van der Waals surface area contributed by atoms with E-state index in [2.05, 4.69) is 11.7 Å². The second kappa shape index (κ2) is 13.8. The Labute approximate surface area is 221 Å². The lowest BCUT2D eigenvalue weighted by molar-refractivity contribution is -0.0546. The van der Waals surface area contributed by atoms with Gasteiger partial charge in [-0.2, -0.15) is 8.78 Å². The second-order valence-corrected chi connectivity index (χ2v) is 14.9. The number of halogens is 4. The zero-order chi connectivity index (χ0) is 26.2. The maximum absolute atomic E-state index is 14.1. The highest BCUT2D eigenvalue weighted by molar-refractivity contribution is 6.58. The van der Waals surface area contributed by atoms with E-state index < -0.39 is 32.8 Å². The van der Waals surface area contributed by atoms with Gasteiger partial charge in [-0.25, -0.2) is 8.78 Å². The van der Waals surface area contributed by atoms with Gasteiger partial charge >= 0.3 is 6.61 Å². The molecule has 1 saturated heterocycles. The van der Waals surface area contributed by atoms with E-state index in [0.717, 1.165) is 36.3 Å².